The molecule has 2 aliphatic heterocycles. The summed E-state index contributed by atoms with van der Waals surface area (Å²) in [5.41, 5.74) is 1.05. The maximum Gasteiger partial charge on any atom is 0.408 e. The number of unbranched alkanes of at least 4 members (excludes halogenated alkanes) is 2. The zero-order valence-corrected chi connectivity index (χ0v) is 40.6. The van der Waals surface area contributed by atoms with Crippen LogP contribution in [0.4, 0.5) is 4.79 Å². The van der Waals surface area contributed by atoms with Crippen molar-refractivity contribution in [3.8, 4) is 11.5 Å². The van der Waals surface area contributed by atoms with E-state index in [-0.39, 0.29) is 37.9 Å². The summed E-state index contributed by atoms with van der Waals surface area (Å²) in [7, 11) is 1.36. The summed E-state index contributed by atoms with van der Waals surface area (Å²) in [6.45, 7) is 14.7. The lowest BCUT2D eigenvalue weighted by Crippen LogP contribution is -2.48. The maximum absolute atomic E-state index is 12.9. The Morgan fingerprint density at radius 2 is 1.18 bits per heavy atom. The van der Waals surface area contributed by atoms with Gasteiger partial charge in [0, 0.05) is 25.5 Å². The van der Waals surface area contributed by atoms with Gasteiger partial charge in [0.15, 0.2) is 29.3 Å². The molecule has 0 saturated carbocycles. The third kappa shape index (κ3) is 18.6. The number of methoxy groups -OCH3 is 1. The van der Waals surface area contributed by atoms with E-state index in [0.29, 0.717) is 26.4 Å². The molecule has 1 aromatic heterocycles. The van der Waals surface area contributed by atoms with Crippen LogP contribution < -0.4 is 15.4 Å². The van der Waals surface area contributed by atoms with Crippen molar-refractivity contribution in [2.45, 2.75) is 142 Å². The first-order chi connectivity index (χ1) is 32.6. The molecule has 2 saturated heterocycles. The molecule has 3 heterocycles. The molecule has 5 rings (SSSR count). The largest absolute Gasteiger partial charge is 0.503 e. The predicted molar refractivity (Wildman–Crippen MR) is 249 cm³/mol. The van der Waals surface area contributed by atoms with Crippen LogP contribution in [0.15, 0.2) is 72.9 Å². The minimum Gasteiger partial charge on any atom is -0.503 e. The fourth-order valence-corrected chi connectivity index (χ4v) is 6.90. The zero-order valence-electron chi connectivity index (χ0n) is 40.6. The first-order valence-electron chi connectivity index (χ1n) is 23.3. The molecule has 0 aliphatic carbocycles. The Hall–Kier alpha value is -5.37. The van der Waals surface area contributed by atoms with Crippen molar-refractivity contribution in [2.24, 2.45) is 0 Å². The second kappa shape index (κ2) is 28.8. The van der Waals surface area contributed by atoms with Gasteiger partial charge in [-0.1, -0.05) is 87.4 Å². The summed E-state index contributed by atoms with van der Waals surface area (Å²) >= 11 is 0. The van der Waals surface area contributed by atoms with E-state index in [9.17, 15) is 24.3 Å². The molecule has 376 valence electrons. The Kier molecular flexibility index (Phi) is 23.4. The van der Waals surface area contributed by atoms with E-state index in [2.05, 4.69) is 29.5 Å². The number of benzene rings is 2. The fourth-order valence-electron chi connectivity index (χ4n) is 6.90. The van der Waals surface area contributed by atoms with Gasteiger partial charge < -0.3 is 63.1 Å². The molecule has 68 heavy (non-hydrogen) atoms. The molecule has 0 spiro atoms. The minimum atomic E-state index is -1.13. The topological polar surface area (TPSA) is 218 Å². The van der Waals surface area contributed by atoms with Crippen molar-refractivity contribution < 1.29 is 71.7 Å². The quantitative estimate of drug-likeness (QED) is 0.0731. The average Bonchev–Trinajstić information content (AvgIpc) is 3.39. The average molecular weight is 954 g/mol. The number of carbonyl (C=O) groups excluding carboxylic acids is 4. The molecule has 2 fully saturated rings. The summed E-state index contributed by atoms with van der Waals surface area (Å²) in [6, 6.07) is 18.8. The highest BCUT2D eigenvalue weighted by Gasteiger charge is 2.38. The van der Waals surface area contributed by atoms with Gasteiger partial charge in [0.25, 0.3) is 5.91 Å². The summed E-state index contributed by atoms with van der Waals surface area (Å²) < 4.78 is 57.6. The molecule has 18 heteroatoms. The van der Waals surface area contributed by atoms with Gasteiger partial charge in [-0.15, -0.1) is 0 Å². The van der Waals surface area contributed by atoms with Crippen molar-refractivity contribution in [3.05, 3.63) is 89.7 Å². The monoisotopic (exact) mass is 953 g/mol. The van der Waals surface area contributed by atoms with Crippen molar-refractivity contribution in [2.75, 3.05) is 46.8 Å². The van der Waals surface area contributed by atoms with E-state index < -0.39 is 84.0 Å². The number of aromatic nitrogens is 1. The van der Waals surface area contributed by atoms with Gasteiger partial charge in [-0.05, 0) is 58.6 Å². The normalized spacial score (nSPS) is 23.5. The Morgan fingerprint density at radius 3 is 1.62 bits per heavy atom. The smallest absolute Gasteiger partial charge is 0.408 e. The number of rotatable bonds is 18. The van der Waals surface area contributed by atoms with Gasteiger partial charge in [-0.25, -0.2) is 19.4 Å². The zero-order chi connectivity index (χ0) is 49.5. The first kappa shape index (κ1) is 55.2. The Bertz CT molecular complexity index is 1970. The van der Waals surface area contributed by atoms with Crippen molar-refractivity contribution in [1.29, 1.82) is 0 Å². The molecule has 18 nitrogen and oxygen atoms in total. The van der Waals surface area contributed by atoms with Crippen LogP contribution in [0.1, 0.15) is 95.8 Å². The number of ether oxygens (including phenoxy) is 10. The molecule has 2 aliphatic rings. The lowest BCUT2D eigenvalue weighted by atomic mass is 10.1. The number of hydrogen-bond donors (Lipinski definition) is 3. The van der Waals surface area contributed by atoms with E-state index >= 15 is 0 Å². The van der Waals surface area contributed by atoms with Crippen LogP contribution in [0.2, 0.25) is 0 Å². The summed E-state index contributed by atoms with van der Waals surface area (Å²) in [6.07, 6.45) is 0.982. The van der Waals surface area contributed by atoms with Crippen LogP contribution in [0.5, 0.6) is 11.5 Å². The van der Waals surface area contributed by atoms with Crippen LogP contribution in [-0.2, 0) is 65.4 Å². The third-order valence-electron chi connectivity index (χ3n) is 10.5. The second-order valence-corrected chi connectivity index (χ2v) is 17.3. The van der Waals surface area contributed by atoms with Crippen LogP contribution >= 0.6 is 0 Å². The highest BCUT2D eigenvalue weighted by molar-refractivity contribution is 5.98. The number of pyridine rings is 1. The standard InChI is InChI=1S/C26H34N2O8.C24H37NO7/c1-4-5-13-34-24-17(2)36-26(31)19(28-25(30)22-23(29)20(32-3)11-12-27-22)15-33-16-21(24)35-14-18-9-7-6-8-10-18;1-6-7-13-29-21-17(2)31-22(26)19(25-23(27)32-24(3,4)5)15-28-16-20(21)30-14-18-11-9-8-10-12-18/h6-12,17,19,21,24,29H,4-5,13-16H2,1-3H3,(H,28,30);8-12,17,19-21H,6-7,13-16H2,1-5H3,(H,25,27)/t17-,19-,21-,24-;17-,19-,20-,21-/m00/s1. The molecular formula is C50H71N3O15. The number of carbonyl (C=O) groups is 4. The third-order valence-corrected chi connectivity index (χ3v) is 10.5. The van der Waals surface area contributed by atoms with Crippen LogP contribution in [0, 0.1) is 0 Å². The number of cyclic esters (lactones) is 2. The number of esters is 2. The van der Waals surface area contributed by atoms with E-state index in [1.165, 1.54) is 19.4 Å². The van der Waals surface area contributed by atoms with Crippen molar-refractivity contribution in [3.63, 3.8) is 0 Å². The summed E-state index contributed by atoms with van der Waals surface area (Å²) in [5.74, 6) is -2.40. The van der Waals surface area contributed by atoms with Gasteiger partial charge in [0.05, 0.1) is 46.8 Å². The molecule has 3 aromatic rings. The first-order valence-corrected chi connectivity index (χ1v) is 23.3. The number of hydrogen-bond acceptors (Lipinski definition) is 16. The lowest BCUT2D eigenvalue weighted by molar-refractivity contribution is -0.169. The highest BCUT2D eigenvalue weighted by Crippen LogP contribution is 2.28. The second-order valence-electron chi connectivity index (χ2n) is 17.3. The molecule has 3 N–H and O–H groups in total. The number of nitrogens with one attached hydrogen (secondary N) is 2. The lowest BCUT2D eigenvalue weighted by Gasteiger charge is -2.30. The van der Waals surface area contributed by atoms with E-state index in [1.807, 2.05) is 60.7 Å². The Balaban J connectivity index is 0.000000299. The molecule has 0 bridgehead atoms. The van der Waals surface area contributed by atoms with Gasteiger partial charge in [-0.3, -0.25) is 4.79 Å². The van der Waals surface area contributed by atoms with Gasteiger partial charge >= 0.3 is 18.0 Å². The van der Waals surface area contributed by atoms with Crippen LogP contribution in [-0.4, -0.2) is 135 Å². The molecule has 0 unspecified atom stereocenters. The minimum absolute atomic E-state index is 0.0579. The number of amides is 2. The van der Waals surface area contributed by atoms with E-state index in [0.717, 1.165) is 36.8 Å². The molecule has 8 atom stereocenters. The highest BCUT2D eigenvalue weighted by atomic mass is 16.6. The molecular weight excluding hydrogens is 883 g/mol. The Labute approximate surface area is 399 Å². The summed E-state index contributed by atoms with van der Waals surface area (Å²) in [5, 5.41) is 15.3. The molecule has 2 amide bonds. The number of nitrogens with zero attached hydrogens (tertiary/aromatic N) is 1. The van der Waals surface area contributed by atoms with E-state index in [4.69, 9.17) is 47.4 Å². The number of alkyl carbamates (subject to hydrolysis) is 1. The van der Waals surface area contributed by atoms with E-state index in [1.54, 1.807) is 34.6 Å². The summed E-state index contributed by atoms with van der Waals surface area (Å²) in [4.78, 5) is 54.5. The number of aromatic hydroxyl groups is 1. The van der Waals surface area contributed by atoms with Crippen LogP contribution in [0.3, 0.4) is 0 Å². The van der Waals surface area contributed by atoms with Gasteiger partial charge in [0.2, 0.25) is 0 Å². The predicted octanol–water partition coefficient (Wildman–Crippen LogP) is 6.24. The van der Waals surface area contributed by atoms with Crippen LogP contribution in [0.25, 0.3) is 0 Å². The van der Waals surface area contributed by atoms with Crippen molar-refractivity contribution >= 4 is 23.9 Å². The molecule has 2 aromatic carbocycles. The fraction of sp³-hybridized carbons (Fsp3) is 0.580. The van der Waals surface area contributed by atoms with Crippen molar-refractivity contribution in [1.82, 2.24) is 15.6 Å². The molecule has 0 radical (unpaired) electrons. The SMILES string of the molecule is CCCCO[C@H]1[C@H](C)OC(=O)[C@@H](NC(=O)OC(C)(C)C)COC[C@@H]1OCc1ccccc1.CCCCO[C@H]1[C@H](C)OC(=O)[C@@H](NC(=O)c2nccc(OC)c2O)COC[C@@H]1OCc1ccccc1. The maximum atomic E-state index is 12.9. The van der Waals surface area contributed by atoms with Gasteiger partial charge in [0.1, 0.15) is 42.2 Å². The Morgan fingerprint density at radius 1 is 0.706 bits per heavy atom. The van der Waals surface area contributed by atoms with Gasteiger partial charge in [-0.2, -0.15) is 0 Å².